The van der Waals surface area contributed by atoms with Gasteiger partial charge in [0.05, 0.1) is 0 Å². The number of amides is 1. The van der Waals surface area contributed by atoms with Crippen LogP contribution in [0.4, 0.5) is 5.82 Å². The summed E-state index contributed by atoms with van der Waals surface area (Å²) in [5.74, 6) is 0.577. The third kappa shape index (κ3) is 3.96. The van der Waals surface area contributed by atoms with E-state index in [0.29, 0.717) is 22.9 Å². The molecular formula is C15H16ClN3O. The van der Waals surface area contributed by atoms with Crippen molar-refractivity contribution in [1.82, 2.24) is 10.3 Å². The van der Waals surface area contributed by atoms with E-state index in [9.17, 15) is 4.79 Å². The molecule has 0 spiro atoms. The summed E-state index contributed by atoms with van der Waals surface area (Å²) in [6, 6.07) is 11.0. The van der Waals surface area contributed by atoms with Crippen LogP contribution in [-0.4, -0.2) is 24.5 Å². The highest BCUT2D eigenvalue weighted by atomic mass is 35.5. The number of nitrogens with one attached hydrogen (secondary N) is 2. The van der Waals surface area contributed by atoms with Crippen molar-refractivity contribution >= 4 is 23.3 Å². The van der Waals surface area contributed by atoms with Gasteiger partial charge < -0.3 is 10.6 Å². The molecule has 1 heterocycles. The molecule has 0 radical (unpaired) electrons. The Balaban J connectivity index is 1.87. The quantitative estimate of drug-likeness (QED) is 0.890. The Morgan fingerprint density at radius 3 is 2.70 bits per heavy atom. The lowest BCUT2D eigenvalue weighted by Crippen LogP contribution is -2.25. The van der Waals surface area contributed by atoms with E-state index in [4.69, 9.17) is 11.6 Å². The Hall–Kier alpha value is -2.07. The molecule has 2 N–H and O–H groups in total. The van der Waals surface area contributed by atoms with Crippen molar-refractivity contribution < 1.29 is 4.79 Å². The second-order valence-electron chi connectivity index (χ2n) is 4.31. The predicted octanol–water partition coefficient (Wildman–Crippen LogP) is 2.75. The molecule has 0 bridgehead atoms. The van der Waals surface area contributed by atoms with Crippen molar-refractivity contribution in [1.29, 1.82) is 0 Å². The number of nitrogens with zero attached hydrogens (tertiary/aromatic N) is 1. The minimum atomic E-state index is -0.0992. The normalized spacial score (nSPS) is 10.1. The molecule has 0 aliphatic rings. The standard InChI is InChI=1S/C15H16ClN3O/c1-17-14-10-12(7-9-18-14)15(20)19-8-6-11-2-4-13(16)5-3-11/h2-5,7,9-10H,6,8H2,1H3,(H,17,18)(H,19,20). The second kappa shape index (κ2) is 6.91. The molecule has 0 atom stereocenters. The third-order valence-electron chi connectivity index (χ3n) is 2.89. The molecule has 20 heavy (non-hydrogen) atoms. The number of hydrogen-bond acceptors (Lipinski definition) is 3. The summed E-state index contributed by atoms with van der Waals surface area (Å²) >= 11 is 5.82. The fourth-order valence-corrected chi connectivity index (χ4v) is 1.91. The fraction of sp³-hybridized carbons (Fsp3) is 0.200. The summed E-state index contributed by atoms with van der Waals surface area (Å²) < 4.78 is 0. The molecule has 0 aliphatic heterocycles. The summed E-state index contributed by atoms with van der Waals surface area (Å²) in [5, 5.41) is 6.51. The monoisotopic (exact) mass is 289 g/mol. The van der Waals surface area contributed by atoms with Crippen LogP contribution in [0, 0.1) is 0 Å². The van der Waals surface area contributed by atoms with E-state index in [-0.39, 0.29) is 5.91 Å². The Kier molecular flexibility index (Phi) is 4.96. The fourth-order valence-electron chi connectivity index (χ4n) is 1.78. The summed E-state index contributed by atoms with van der Waals surface area (Å²) in [5.41, 5.74) is 1.74. The first kappa shape index (κ1) is 14.3. The summed E-state index contributed by atoms with van der Waals surface area (Å²) in [6.45, 7) is 0.581. The van der Waals surface area contributed by atoms with Gasteiger partial charge in [-0.15, -0.1) is 0 Å². The molecule has 0 unspecified atom stereocenters. The van der Waals surface area contributed by atoms with Gasteiger partial charge in [0.2, 0.25) is 0 Å². The number of hydrogen-bond donors (Lipinski definition) is 2. The molecule has 5 heteroatoms. The van der Waals surface area contributed by atoms with Gasteiger partial charge in [-0.05, 0) is 36.2 Å². The number of benzene rings is 1. The predicted molar refractivity (Wildman–Crippen MR) is 81.3 cm³/mol. The Bertz CT molecular complexity index is 584. The average molecular weight is 290 g/mol. The molecule has 2 rings (SSSR count). The highest BCUT2D eigenvalue weighted by Gasteiger charge is 2.05. The van der Waals surface area contributed by atoms with E-state index >= 15 is 0 Å². The van der Waals surface area contributed by atoms with E-state index in [1.807, 2.05) is 24.3 Å². The van der Waals surface area contributed by atoms with Crippen molar-refractivity contribution in [2.75, 3.05) is 18.9 Å². The van der Waals surface area contributed by atoms with Gasteiger partial charge in [-0.3, -0.25) is 4.79 Å². The van der Waals surface area contributed by atoms with Gasteiger partial charge in [-0.2, -0.15) is 0 Å². The lowest BCUT2D eigenvalue weighted by atomic mass is 10.1. The van der Waals surface area contributed by atoms with Crippen LogP contribution >= 0.6 is 11.6 Å². The molecule has 1 amide bonds. The highest BCUT2D eigenvalue weighted by Crippen LogP contribution is 2.10. The maximum absolute atomic E-state index is 12.0. The van der Waals surface area contributed by atoms with Gasteiger partial charge in [0.1, 0.15) is 5.82 Å². The number of pyridine rings is 1. The molecule has 0 aliphatic carbocycles. The number of rotatable bonds is 5. The minimum Gasteiger partial charge on any atom is -0.373 e. The van der Waals surface area contributed by atoms with Gasteiger partial charge in [-0.25, -0.2) is 4.98 Å². The molecular weight excluding hydrogens is 274 g/mol. The van der Waals surface area contributed by atoms with Crippen LogP contribution < -0.4 is 10.6 Å². The van der Waals surface area contributed by atoms with Gasteiger partial charge in [0, 0.05) is 30.4 Å². The van der Waals surface area contributed by atoms with Crippen LogP contribution in [0.5, 0.6) is 0 Å². The van der Waals surface area contributed by atoms with Crippen molar-refractivity contribution in [3.05, 3.63) is 58.7 Å². The highest BCUT2D eigenvalue weighted by molar-refractivity contribution is 6.30. The lowest BCUT2D eigenvalue weighted by molar-refractivity contribution is 0.0954. The largest absolute Gasteiger partial charge is 0.373 e. The van der Waals surface area contributed by atoms with Crippen molar-refractivity contribution in [3.8, 4) is 0 Å². The second-order valence-corrected chi connectivity index (χ2v) is 4.75. The maximum Gasteiger partial charge on any atom is 0.251 e. The first-order chi connectivity index (χ1) is 9.69. The number of carbonyl (C=O) groups excluding carboxylic acids is 1. The van der Waals surface area contributed by atoms with Crippen LogP contribution in [0.3, 0.4) is 0 Å². The smallest absolute Gasteiger partial charge is 0.251 e. The van der Waals surface area contributed by atoms with Gasteiger partial charge in [-0.1, -0.05) is 23.7 Å². The Labute approximate surface area is 123 Å². The zero-order chi connectivity index (χ0) is 14.4. The number of halogens is 1. The first-order valence-corrected chi connectivity index (χ1v) is 6.73. The molecule has 0 saturated heterocycles. The Morgan fingerprint density at radius 1 is 1.25 bits per heavy atom. The SMILES string of the molecule is CNc1cc(C(=O)NCCc2ccc(Cl)cc2)ccn1. The van der Waals surface area contributed by atoms with Gasteiger partial charge in [0.25, 0.3) is 5.91 Å². The first-order valence-electron chi connectivity index (χ1n) is 6.35. The lowest BCUT2D eigenvalue weighted by Gasteiger charge is -2.06. The number of carbonyl (C=O) groups is 1. The van der Waals surface area contributed by atoms with E-state index in [2.05, 4.69) is 15.6 Å². The van der Waals surface area contributed by atoms with Crippen molar-refractivity contribution in [2.24, 2.45) is 0 Å². The van der Waals surface area contributed by atoms with Crippen LogP contribution in [0.15, 0.2) is 42.6 Å². The topological polar surface area (TPSA) is 54.0 Å². The van der Waals surface area contributed by atoms with E-state index in [1.54, 1.807) is 25.4 Å². The summed E-state index contributed by atoms with van der Waals surface area (Å²) in [6.07, 6.45) is 2.38. The minimum absolute atomic E-state index is 0.0992. The average Bonchev–Trinajstić information content (AvgIpc) is 2.49. The number of anilines is 1. The molecule has 2 aromatic rings. The summed E-state index contributed by atoms with van der Waals surface area (Å²) in [7, 11) is 1.77. The third-order valence-corrected chi connectivity index (χ3v) is 3.14. The molecule has 4 nitrogen and oxygen atoms in total. The van der Waals surface area contributed by atoms with Gasteiger partial charge >= 0.3 is 0 Å². The van der Waals surface area contributed by atoms with E-state index in [1.165, 1.54) is 0 Å². The Morgan fingerprint density at radius 2 is 2.00 bits per heavy atom. The maximum atomic E-state index is 12.0. The van der Waals surface area contributed by atoms with Crippen LogP contribution in [0.25, 0.3) is 0 Å². The van der Waals surface area contributed by atoms with Crippen LogP contribution in [0.1, 0.15) is 15.9 Å². The molecule has 1 aromatic carbocycles. The molecule has 0 saturated carbocycles. The molecule has 104 valence electrons. The van der Waals surface area contributed by atoms with E-state index in [0.717, 1.165) is 12.0 Å². The molecule has 0 fully saturated rings. The van der Waals surface area contributed by atoms with Crippen LogP contribution in [-0.2, 0) is 6.42 Å². The zero-order valence-electron chi connectivity index (χ0n) is 11.2. The summed E-state index contributed by atoms with van der Waals surface area (Å²) in [4.78, 5) is 16.0. The zero-order valence-corrected chi connectivity index (χ0v) is 11.9. The van der Waals surface area contributed by atoms with Crippen molar-refractivity contribution in [3.63, 3.8) is 0 Å². The van der Waals surface area contributed by atoms with E-state index < -0.39 is 0 Å². The van der Waals surface area contributed by atoms with Crippen molar-refractivity contribution in [2.45, 2.75) is 6.42 Å². The number of aromatic nitrogens is 1. The van der Waals surface area contributed by atoms with Crippen LogP contribution in [0.2, 0.25) is 5.02 Å². The van der Waals surface area contributed by atoms with Gasteiger partial charge in [0.15, 0.2) is 0 Å². The molecule has 1 aromatic heterocycles.